The van der Waals surface area contributed by atoms with Gasteiger partial charge in [-0.15, -0.1) is 0 Å². The van der Waals surface area contributed by atoms with E-state index in [0.29, 0.717) is 122 Å². The van der Waals surface area contributed by atoms with Gasteiger partial charge in [-0.25, -0.2) is 0 Å². The third kappa shape index (κ3) is 19.7. The van der Waals surface area contributed by atoms with Gasteiger partial charge in [-0.3, -0.25) is 0 Å². The van der Waals surface area contributed by atoms with Crippen molar-refractivity contribution in [3.8, 4) is 69.0 Å². The van der Waals surface area contributed by atoms with Crippen molar-refractivity contribution in [3.63, 3.8) is 0 Å². The lowest BCUT2D eigenvalue weighted by Gasteiger charge is -2.26. The Morgan fingerprint density at radius 2 is 0.358 bits per heavy atom. The van der Waals surface area contributed by atoms with E-state index in [4.69, 9.17) is 61.0 Å². The molecule has 0 heterocycles. The molecule has 0 spiro atoms. The number of hydrogen-bond acceptors (Lipinski definition) is 17. The lowest BCUT2D eigenvalue weighted by atomic mass is 9.93. The Hall–Kier alpha value is -6.85. The van der Waals surface area contributed by atoms with Crippen molar-refractivity contribution in [3.05, 3.63) is 72.8 Å². The van der Waals surface area contributed by atoms with Crippen LogP contribution in [0.2, 0.25) is 12.1 Å². The molecular weight excluding hydrogens is 1240 g/mol. The molecule has 95 heavy (non-hydrogen) atoms. The molecule has 0 saturated heterocycles. The van der Waals surface area contributed by atoms with Crippen LogP contribution in [-0.2, 0) is 4.12 Å². The fraction of sp³-hybridized carbons (Fsp3) is 0.526. The molecule has 0 amide bonds. The number of rotatable bonds is 46. The van der Waals surface area contributed by atoms with Gasteiger partial charge in [0, 0.05) is 12.1 Å². The second-order valence-corrected chi connectivity index (χ2v) is 29.4. The van der Waals surface area contributed by atoms with E-state index in [1.54, 1.807) is 14.2 Å². The van der Waals surface area contributed by atoms with Crippen LogP contribution in [0.1, 0.15) is 171 Å². The summed E-state index contributed by atoms with van der Waals surface area (Å²) in [5, 5.41) is 11.0. The van der Waals surface area contributed by atoms with Crippen LogP contribution < -0.4 is 56.8 Å². The van der Waals surface area contributed by atoms with Crippen LogP contribution in [0.5, 0.6) is 69.0 Å². The predicted octanol–water partition coefficient (Wildman–Crippen LogP) is 18.2. The Morgan fingerprint density at radius 1 is 0.221 bits per heavy atom. The average molecular weight is 1350 g/mol. The van der Waals surface area contributed by atoms with Gasteiger partial charge in [-0.1, -0.05) is 107 Å². The minimum atomic E-state index is -4.65. The van der Waals surface area contributed by atoms with Gasteiger partial charge >= 0.3 is 17.6 Å². The van der Waals surface area contributed by atoms with Gasteiger partial charge in [-0.05, 0) is 202 Å². The summed E-state index contributed by atoms with van der Waals surface area (Å²) in [5.74, 6) is 7.12. The molecule has 8 rings (SSSR count). The van der Waals surface area contributed by atoms with Gasteiger partial charge in [-0.2, -0.15) is 0 Å². The average Bonchev–Trinajstić information content (AvgIpc) is 0.736. The molecule has 0 saturated carbocycles. The van der Waals surface area contributed by atoms with Crippen molar-refractivity contribution in [2.45, 2.75) is 183 Å². The van der Waals surface area contributed by atoms with Crippen LogP contribution in [-0.4, -0.2) is 117 Å². The minimum Gasteiger partial charge on any atom is -0.493 e. The molecule has 0 atom stereocenters. The maximum absolute atomic E-state index is 11.3. The van der Waals surface area contributed by atoms with E-state index in [1.807, 2.05) is 24.3 Å². The number of fused-ring (bicyclic) bond motifs is 12. The van der Waals surface area contributed by atoms with Gasteiger partial charge < -0.3 is 80.1 Å². The van der Waals surface area contributed by atoms with Crippen molar-refractivity contribution in [1.29, 1.82) is 0 Å². The Labute approximate surface area is 564 Å². The number of ether oxygens (including phenoxy) is 12. The van der Waals surface area contributed by atoms with Crippen LogP contribution in [0.3, 0.4) is 0 Å². The van der Waals surface area contributed by atoms with Gasteiger partial charge in [0.15, 0.2) is 69.0 Å². The Kier molecular flexibility index (Phi) is 28.8. The van der Waals surface area contributed by atoms with Crippen LogP contribution >= 0.6 is 0 Å². The SMILES string of the molecule is CCCCOc1cc2c3cc(OC)c(OCCC[Si](O)(O)O[Si](O)(O)CCCOc4cc5c(cc4OC)c4cc(OCCCC)c(OCCCC)cc4c4cc(OCCCC)c(OCCCC)cc54)cc3c3cc(OCCCC)c(OCCCC)cc3c2cc1OCCCC. The Balaban J connectivity index is 1.02. The predicted molar refractivity (Wildman–Crippen MR) is 386 cm³/mol. The van der Waals surface area contributed by atoms with E-state index < -0.39 is 17.6 Å². The topological polar surface area (TPSA) is 201 Å². The second kappa shape index (κ2) is 37.0. The molecule has 0 bridgehead atoms. The summed E-state index contributed by atoms with van der Waals surface area (Å²) >= 11 is 0. The molecule has 19 heteroatoms. The highest BCUT2D eigenvalue weighted by atomic mass is 28.5. The molecule has 8 aromatic carbocycles. The monoisotopic (exact) mass is 1350 g/mol. The van der Waals surface area contributed by atoms with Crippen molar-refractivity contribution < 1.29 is 80.1 Å². The molecular formula is C76H106O17Si2. The molecule has 17 nitrogen and oxygen atoms in total. The summed E-state index contributed by atoms with van der Waals surface area (Å²) in [6.07, 6.45) is 15.2. The summed E-state index contributed by atoms with van der Waals surface area (Å²) in [7, 11) is -6.12. The van der Waals surface area contributed by atoms with Crippen LogP contribution in [0, 0.1) is 0 Å². The van der Waals surface area contributed by atoms with Gasteiger partial charge in [0.25, 0.3) is 0 Å². The normalized spacial score (nSPS) is 11.9. The van der Waals surface area contributed by atoms with Crippen molar-refractivity contribution in [2.24, 2.45) is 0 Å². The highest BCUT2D eigenvalue weighted by molar-refractivity contribution is 6.72. The fourth-order valence-electron chi connectivity index (χ4n) is 11.4. The van der Waals surface area contributed by atoms with Crippen molar-refractivity contribution in [1.82, 2.24) is 0 Å². The fourth-order valence-corrected chi connectivity index (χ4v) is 15.5. The summed E-state index contributed by atoms with van der Waals surface area (Å²) in [6.45, 7) is 21.5. The smallest absolute Gasteiger partial charge is 0.488 e. The quantitative estimate of drug-likeness (QED) is 0.0159. The van der Waals surface area contributed by atoms with Gasteiger partial charge in [0.05, 0.1) is 80.3 Å². The molecule has 8 aromatic rings. The maximum Gasteiger partial charge on any atom is 0.488 e. The standard InChI is InChI=1S/C76H106O17Si2/c1-11-19-29-83-69-45-57-53-41-65(81-9)67(43-55(53)59-47-71(85-31-21-13-3)75(89-35-25-17-7)51-63(59)61(57)49-73(69)87-33-23-15-5)91-37-27-39-94(77,78)93-95(79,80)40-28-38-92-68-44-56-54(42-66(68)82-10)58-46-70(84-30-20-12-2)74(88-34-24-16-6)50-62(58)64-52-76(90-36-26-18-8)72(48-60(56)64)86-32-22-14-4/h41-52,77-80H,11-40H2,1-10H3. The Morgan fingerprint density at radius 3 is 0.505 bits per heavy atom. The molecule has 0 aliphatic heterocycles. The van der Waals surface area contributed by atoms with E-state index >= 15 is 0 Å². The first-order chi connectivity index (χ1) is 46.2. The number of unbranched alkanes of at least 4 members (excludes halogenated alkanes) is 8. The third-order valence-corrected chi connectivity index (χ3v) is 21.5. The van der Waals surface area contributed by atoms with E-state index in [1.165, 1.54) is 0 Å². The second-order valence-electron chi connectivity index (χ2n) is 24.6. The molecule has 0 aliphatic rings. The van der Waals surface area contributed by atoms with Crippen molar-refractivity contribution in [2.75, 3.05) is 80.3 Å². The number of methoxy groups -OCH3 is 2. The third-order valence-electron chi connectivity index (χ3n) is 16.9. The molecule has 0 radical (unpaired) electrons. The van der Waals surface area contributed by atoms with E-state index in [9.17, 15) is 19.2 Å². The lowest BCUT2D eigenvalue weighted by Crippen LogP contribution is -2.53. The zero-order chi connectivity index (χ0) is 67.7. The molecule has 0 aliphatic carbocycles. The van der Waals surface area contributed by atoms with Crippen LogP contribution in [0.4, 0.5) is 0 Å². The zero-order valence-electron chi connectivity index (χ0n) is 58.2. The summed E-state index contributed by atoms with van der Waals surface area (Å²) < 4.78 is 82.1. The molecule has 520 valence electrons. The van der Waals surface area contributed by atoms with Gasteiger partial charge in [0.2, 0.25) is 0 Å². The molecule has 4 N–H and O–H groups in total. The van der Waals surface area contributed by atoms with Crippen molar-refractivity contribution >= 4 is 82.2 Å². The van der Waals surface area contributed by atoms with Crippen LogP contribution in [0.15, 0.2) is 72.8 Å². The maximum atomic E-state index is 11.3. The van der Waals surface area contributed by atoms with E-state index in [-0.39, 0.29) is 38.1 Å². The lowest BCUT2D eigenvalue weighted by molar-refractivity contribution is 0.149. The first kappa shape index (κ1) is 74.0. The Bertz CT molecular complexity index is 3500. The van der Waals surface area contributed by atoms with E-state index in [2.05, 4.69) is 104 Å². The highest BCUT2D eigenvalue weighted by Crippen LogP contribution is 2.50. The number of benzene rings is 8. The van der Waals surface area contributed by atoms with Gasteiger partial charge in [0.1, 0.15) is 0 Å². The first-order valence-corrected chi connectivity index (χ1v) is 39.3. The molecule has 0 unspecified atom stereocenters. The summed E-state index contributed by atoms with van der Waals surface area (Å²) in [4.78, 5) is 45.2. The minimum absolute atomic E-state index is 0.0305. The zero-order valence-corrected chi connectivity index (χ0v) is 60.2. The van der Waals surface area contributed by atoms with Crippen LogP contribution in [0.25, 0.3) is 64.6 Å². The summed E-state index contributed by atoms with van der Waals surface area (Å²) in [5.41, 5.74) is 0. The summed E-state index contributed by atoms with van der Waals surface area (Å²) in [6, 6.07) is 23.8. The highest BCUT2D eigenvalue weighted by Gasteiger charge is 2.45. The number of hydrogen-bond donors (Lipinski definition) is 4. The first-order valence-electron chi connectivity index (χ1n) is 35.2. The molecule has 0 aromatic heterocycles. The largest absolute Gasteiger partial charge is 0.493 e. The molecule has 0 fully saturated rings. The van der Waals surface area contributed by atoms with E-state index in [0.717, 1.165) is 167 Å².